The summed E-state index contributed by atoms with van der Waals surface area (Å²) in [6.45, 7) is 1.95. The Morgan fingerprint density at radius 3 is 2.78 bits per heavy atom. The molecule has 0 aliphatic heterocycles. The second-order valence-corrected chi connectivity index (χ2v) is 5.35. The first-order chi connectivity index (χ1) is 8.65. The highest BCUT2D eigenvalue weighted by molar-refractivity contribution is 5.27. The Morgan fingerprint density at radius 2 is 2.11 bits per heavy atom. The van der Waals surface area contributed by atoms with Crippen molar-refractivity contribution in [1.82, 2.24) is 0 Å². The van der Waals surface area contributed by atoms with Gasteiger partial charge in [0, 0.05) is 6.04 Å². The zero-order chi connectivity index (χ0) is 13.0. The maximum atomic E-state index is 13.0. The van der Waals surface area contributed by atoms with E-state index < -0.39 is 0 Å². The van der Waals surface area contributed by atoms with E-state index in [1.165, 1.54) is 42.9 Å². The van der Waals surface area contributed by atoms with E-state index in [9.17, 15) is 4.39 Å². The van der Waals surface area contributed by atoms with E-state index in [-0.39, 0.29) is 11.9 Å². The summed E-state index contributed by atoms with van der Waals surface area (Å²) in [7, 11) is 0. The molecule has 0 saturated heterocycles. The molecule has 0 saturated carbocycles. The highest BCUT2D eigenvalue weighted by atomic mass is 19.1. The van der Waals surface area contributed by atoms with Crippen LogP contribution in [0, 0.1) is 12.7 Å². The monoisotopic (exact) mass is 247 g/mol. The first-order valence-corrected chi connectivity index (χ1v) is 6.83. The summed E-state index contributed by atoms with van der Waals surface area (Å²) >= 11 is 0. The van der Waals surface area contributed by atoms with Gasteiger partial charge in [0.2, 0.25) is 0 Å². The maximum absolute atomic E-state index is 13.0. The van der Waals surface area contributed by atoms with E-state index >= 15 is 0 Å². The molecule has 1 aromatic carbocycles. The fourth-order valence-corrected chi connectivity index (χ4v) is 2.67. The van der Waals surface area contributed by atoms with Gasteiger partial charge >= 0.3 is 0 Å². The maximum Gasteiger partial charge on any atom is 0.123 e. The van der Waals surface area contributed by atoms with E-state index in [0.717, 1.165) is 18.4 Å². The van der Waals surface area contributed by atoms with Crippen molar-refractivity contribution >= 4 is 0 Å². The molecule has 0 bridgehead atoms. The van der Waals surface area contributed by atoms with E-state index in [4.69, 9.17) is 5.73 Å². The predicted molar refractivity (Wildman–Crippen MR) is 74.0 cm³/mol. The lowest BCUT2D eigenvalue weighted by molar-refractivity contribution is 0.600. The predicted octanol–water partition coefficient (Wildman–Crippen LogP) is 3.89. The van der Waals surface area contributed by atoms with E-state index in [0.29, 0.717) is 0 Å². The number of benzene rings is 1. The summed E-state index contributed by atoms with van der Waals surface area (Å²) in [6, 6.07) is 5.12. The molecule has 0 amide bonds. The SMILES string of the molecule is Cc1cc(F)ccc1CC(N)CC1=CCCCC1. The van der Waals surface area contributed by atoms with Crippen molar-refractivity contribution in [3.05, 3.63) is 46.8 Å². The number of allylic oxidation sites excluding steroid dienone is 1. The van der Waals surface area contributed by atoms with Gasteiger partial charge in [-0.15, -0.1) is 0 Å². The minimum atomic E-state index is -0.167. The number of rotatable bonds is 4. The van der Waals surface area contributed by atoms with E-state index in [1.54, 1.807) is 6.07 Å². The van der Waals surface area contributed by atoms with Crippen LogP contribution in [0.1, 0.15) is 43.2 Å². The molecule has 1 aliphatic rings. The Bertz CT molecular complexity index is 437. The van der Waals surface area contributed by atoms with Gasteiger partial charge in [-0.25, -0.2) is 4.39 Å². The van der Waals surface area contributed by atoms with Gasteiger partial charge in [-0.1, -0.05) is 17.7 Å². The van der Waals surface area contributed by atoms with Gasteiger partial charge in [-0.05, 0) is 68.7 Å². The lowest BCUT2D eigenvalue weighted by Gasteiger charge is -2.18. The van der Waals surface area contributed by atoms with Crippen LogP contribution in [0.15, 0.2) is 29.8 Å². The van der Waals surface area contributed by atoms with Crippen molar-refractivity contribution in [3.8, 4) is 0 Å². The van der Waals surface area contributed by atoms with Gasteiger partial charge in [-0.3, -0.25) is 0 Å². The zero-order valence-corrected chi connectivity index (χ0v) is 11.1. The van der Waals surface area contributed by atoms with Gasteiger partial charge in [0.15, 0.2) is 0 Å². The molecule has 0 radical (unpaired) electrons. The minimum Gasteiger partial charge on any atom is -0.327 e. The lowest BCUT2D eigenvalue weighted by atomic mass is 9.91. The Morgan fingerprint density at radius 1 is 1.28 bits per heavy atom. The van der Waals surface area contributed by atoms with Crippen LogP contribution >= 0.6 is 0 Å². The second kappa shape index (κ2) is 6.14. The average molecular weight is 247 g/mol. The Balaban J connectivity index is 1.94. The smallest absolute Gasteiger partial charge is 0.123 e. The average Bonchev–Trinajstić information content (AvgIpc) is 2.34. The van der Waals surface area contributed by atoms with Crippen LogP contribution in [0.2, 0.25) is 0 Å². The van der Waals surface area contributed by atoms with E-state index in [1.807, 2.05) is 13.0 Å². The van der Waals surface area contributed by atoms with Crippen LogP contribution in [0.3, 0.4) is 0 Å². The van der Waals surface area contributed by atoms with Gasteiger partial charge in [0.05, 0.1) is 0 Å². The summed E-state index contributed by atoms with van der Waals surface area (Å²) in [5.74, 6) is -0.167. The molecule has 1 unspecified atom stereocenters. The lowest BCUT2D eigenvalue weighted by Crippen LogP contribution is -2.24. The van der Waals surface area contributed by atoms with Crippen LogP contribution in [0.25, 0.3) is 0 Å². The molecule has 0 spiro atoms. The standard InChI is InChI=1S/C16H22FN/c1-12-9-15(17)8-7-14(12)11-16(18)10-13-5-3-2-4-6-13/h5,7-9,16H,2-4,6,10-11,18H2,1H3. The summed E-state index contributed by atoms with van der Waals surface area (Å²) in [5, 5.41) is 0. The Hall–Kier alpha value is -1.15. The van der Waals surface area contributed by atoms with Crippen LogP contribution in [-0.4, -0.2) is 6.04 Å². The van der Waals surface area contributed by atoms with Crippen molar-refractivity contribution in [2.24, 2.45) is 5.73 Å². The molecule has 2 heteroatoms. The van der Waals surface area contributed by atoms with Crippen LogP contribution in [0.4, 0.5) is 4.39 Å². The molecule has 98 valence electrons. The molecule has 0 aromatic heterocycles. The molecule has 2 rings (SSSR count). The largest absolute Gasteiger partial charge is 0.327 e. The number of aryl methyl sites for hydroxylation is 1. The summed E-state index contributed by atoms with van der Waals surface area (Å²) in [6.07, 6.45) is 9.19. The van der Waals surface area contributed by atoms with Gasteiger partial charge in [-0.2, -0.15) is 0 Å². The van der Waals surface area contributed by atoms with Gasteiger partial charge in [0.25, 0.3) is 0 Å². The Kier molecular flexibility index (Phi) is 4.54. The van der Waals surface area contributed by atoms with Crippen molar-refractivity contribution in [3.63, 3.8) is 0 Å². The number of hydrogen-bond acceptors (Lipinski definition) is 1. The van der Waals surface area contributed by atoms with Crippen molar-refractivity contribution in [1.29, 1.82) is 0 Å². The normalized spacial score (nSPS) is 17.4. The molecular weight excluding hydrogens is 225 g/mol. The van der Waals surface area contributed by atoms with Gasteiger partial charge in [0.1, 0.15) is 5.82 Å². The van der Waals surface area contributed by atoms with Crippen molar-refractivity contribution < 1.29 is 4.39 Å². The molecule has 18 heavy (non-hydrogen) atoms. The molecule has 2 N–H and O–H groups in total. The number of nitrogens with two attached hydrogens (primary N) is 1. The third-order valence-corrected chi connectivity index (χ3v) is 3.70. The second-order valence-electron chi connectivity index (χ2n) is 5.35. The third-order valence-electron chi connectivity index (χ3n) is 3.70. The van der Waals surface area contributed by atoms with Crippen LogP contribution in [-0.2, 0) is 6.42 Å². The van der Waals surface area contributed by atoms with Crippen LogP contribution < -0.4 is 5.73 Å². The van der Waals surface area contributed by atoms with E-state index in [2.05, 4.69) is 6.08 Å². The summed E-state index contributed by atoms with van der Waals surface area (Å²) in [5.41, 5.74) is 9.89. The molecule has 1 atom stereocenters. The fraction of sp³-hybridized carbons (Fsp3) is 0.500. The molecule has 0 fully saturated rings. The van der Waals surface area contributed by atoms with Crippen LogP contribution in [0.5, 0.6) is 0 Å². The van der Waals surface area contributed by atoms with Crippen molar-refractivity contribution in [2.45, 2.75) is 51.5 Å². The topological polar surface area (TPSA) is 26.0 Å². The summed E-state index contributed by atoms with van der Waals surface area (Å²) in [4.78, 5) is 0. The fourth-order valence-electron chi connectivity index (χ4n) is 2.67. The molecule has 0 heterocycles. The molecule has 1 aromatic rings. The minimum absolute atomic E-state index is 0.151. The van der Waals surface area contributed by atoms with Gasteiger partial charge < -0.3 is 5.73 Å². The molecule has 1 nitrogen and oxygen atoms in total. The molecule has 1 aliphatic carbocycles. The third kappa shape index (κ3) is 3.67. The first kappa shape index (κ1) is 13.3. The number of hydrogen-bond donors (Lipinski definition) is 1. The molecular formula is C16H22FN. The number of halogens is 1. The Labute approximate surface area is 109 Å². The highest BCUT2D eigenvalue weighted by Gasteiger charge is 2.11. The highest BCUT2D eigenvalue weighted by Crippen LogP contribution is 2.22. The van der Waals surface area contributed by atoms with Crippen molar-refractivity contribution in [2.75, 3.05) is 0 Å². The quantitative estimate of drug-likeness (QED) is 0.802. The zero-order valence-electron chi connectivity index (χ0n) is 11.1. The first-order valence-electron chi connectivity index (χ1n) is 6.83. The summed E-state index contributed by atoms with van der Waals surface area (Å²) < 4.78 is 13.0.